The first kappa shape index (κ1) is 28.6. The van der Waals surface area contributed by atoms with Crippen molar-refractivity contribution < 1.29 is 28.9 Å². The number of nitrogens with zero attached hydrogens (tertiary/aromatic N) is 2. The highest BCUT2D eigenvalue weighted by atomic mass is 35.5. The van der Waals surface area contributed by atoms with Gasteiger partial charge in [-0.05, 0) is 37.1 Å². The molecule has 14 heteroatoms. The van der Waals surface area contributed by atoms with Crippen LogP contribution >= 0.6 is 23.2 Å². The molecule has 2 rings (SSSR count). The van der Waals surface area contributed by atoms with Gasteiger partial charge in [0.05, 0.1) is 21.0 Å². The number of unbranched alkanes of at least 4 members (excludes halogenated alkanes) is 3. The van der Waals surface area contributed by atoms with Gasteiger partial charge in [0.2, 0.25) is 0 Å². The monoisotopic (exact) mass is 542 g/mol. The van der Waals surface area contributed by atoms with Gasteiger partial charge in [-0.2, -0.15) is 0 Å². The van der Waals surface area contributed by atoms with Crippen molar-refractivity contribution in [1.29, 1.82) is 0 Å². The fourth-order valence-corrected chi connectivity index (χ4v) is 3.46. The normalized spacial score (nSPS) is 10.4. The minimum absolute atomic E-state index is 0.185. The third-order valence-electron chi connectivity index (χ3n) is 4.84. The summed E-state index contributed by atoms with van der Waals surface area (Å²) in [7, 11) is 0. The number of nitro groups is 2. The highest BCUT2D eigenvalue weighted by molar-refractivity contribution is 6.31. The number of halogens is 2. The van der Waals surface area contributed by atoms with Gasteiger partial charge < -0.3 is 20.1 Å². The minimum atomic E-state index is -0.700. The Morgan fingerprint density at radius 1 is 0.722 bits per heavy atom. The number of hydrogen-bond donors (Lipinski definition) is 2. The van der Waals surface area contributed by atoms with Gasteiger partial charge in [0.1, 0.15) is 13.2 Å². The van der Waals surface area contributed by atoms with Gasteiger partial charge in [0, 0.05) is 35.3 Å². The molecule has 0 aliphatic rings. The van der Waals surface area contributed by atoms with Crippen molar-refractivity contribution in [1.82, 2.24) is 10.6 Å². The Morgan fingerprint density at radius 2 is 1.11 bits per heavy atom. The first-order chi connectivity index (χ1) is 17.2. The van der Waals surface area contributed by atoms with E-state index in [4.69, 9.17) is 32.7 Å². The molecule has 0 radical (unpaired) electrons. The van der Waals surface area contributed by atoms with Gasteiger partial charge in [0.25, 0.3) is 11.4 Å². The molecule has 194 valence electrons. The van der Waals surface area contributed by atoms with Gasteiger partial charge in [0.15, 0.2) is 0 Å². The lowest BCUT2D eigenvalue weighted by Gasteiger charge is -2.09. The van der Waals surface area contributed by atoms with E-state index in [2.05, 4.69) is 10.6 Å². The van der Waals surface area contributed by atoms with Crippen molar-refractivity contribution in [3.8, 4) is 0 Å². The standard InChI is InChI=1S/C22H24Cl2N4O8/c23-17-5-7-19(27(31)32)15(11-17)13-35-21(29)25-9-3-1-2-4-10-26-22(30)36-14-16-12-18(24)6-8-20(16)28(33)34/h5-8,11-12H,1-4,9-10,13-14H2,(H,25,29)(H,26,30). The summed E-state index contributed by atoms with van der Waals surface area (Å²) in [6.45, 7) is 0.138. The summed E-state index contributed by atoms with van der Waals surface area (Å²) >= 11 is 11.7. The Balaban J connectivity index is 1.55. The van der Waals surface area contributed by atoms with Crippen molar-refractivity contribution in [3.05, 3.63) is 77.8 Å². The molecule has 0 fully saturated rings. The summed E-state index contributed by atoms with van der Waals surface area (Å²) in [6.07, 6.45) is 1.46. The Labute approximate surface area is 216 Å². The van der Waals surface area contributed by atoms with Gasteiger partial charge in [-0.3, -0.25) is 20.2 Å². The van der Waals surface area contributed by atoms with E-state index < -0.39 is 22.0 Å². The molecule has 2 aromatic rings. The Morgan fingerprint density at radius 3 is 1.47 bits per heavy atom. The molecule has 0 aromatic heterocycles. The molecule has 0 atom stereocenters. The molecule has 2 aromatic carbocycles. The SMILES string of the molecule is O=C(NCCCCCCNC(=O)OCc1cc(Cl)ccc1[N+](=O)[O-])OCc1cc(Cl)ccc1[N+](=O)[O-]. The fraction of sp³-hybridized carbons (Fsp3) is 0.364. The van der Waals surface area contributed by atoms with Crippen LogP contribution in [0.4, 0.5) is 21.0 Å². The zero-order valence-electron chi connectivity index (χ0n) is 19.0. The van der Waals surface area contributed by atoms with Crippen molar-refractivity contribution >= 4 is 46.8 Å². The summed E-state index contributed by atoms with van der Waals surface area (Å²) in [5.41, 5.74) is 0.0184. The highest BCUT2D eigenvalue weighted by Gasteiger charge is 2.16. The predicted molar refractivity (Wildman–Crippen MR) is 131 cm³/mol. The number of benzene rings is 2. The van der Waals surface area contributed by atoms with Crippen molar-refractivity contribution in [3.63, 3.8) is 0 Å². The predicted octanol–water partition coefficient (Wildman–Crippen LogP) is 5.52. The van der Waals surface area contributed by atoms with Crippen LogP contribution in [-0.2, 0) is 22.7 Å². The van der Waals surface area contributed by atoms with Gasteiger partial charge in [-0.1, -0.05) is 36.0 Å². The number of nitrogens with one attached hydrogen (secondary N) is 2. The molecule has 0 heterocycles. The van der Waals surface area contributed by atoms with E-state index in [1.807, 2.05) is 0 Å². The van der Waals surface area contributed by atoms with Crippen LogP contribution in [0.15, 0.2) is 36.4 Å². The highest BCUT2D eigenvalue weighted by Crippen LogP contribution is 2.24. The second-order valence-electron chi connectivity index (χ2n) is 7.48. The zero-order chi connectivity index (χ0) is 26.5. The van der Waals surface area contributed by atoms with E-state index in [9.17, 15) is 29.8 Å². The molecule has 0 saturated heterocycles. The molecule has 0 saturated carbocycles. The molecule has 2 amide bonds. The summed E-state index contributed by atoms with van der Waals surface area (Å²) in [5.74, 6) is 0. The smallest absolute Gasteiger partial charge is 0.407 e. The van der Waals surface area contributed by atoms with Crippen LogP contribution in [0.25, 0.3) is 0 Å². The molecular weight excluding hydrogens is 519 g/mol. The van der Waals surface area contributed by atoms with Crippen molar-refractivity contribution in [2.75, 3.05) is 13.1 Å². The summed E-state index contributed by atoms with van der Waals surface area (Å²) in [4.78, 5) is 44.5. The number of carbonyl (C=O) groups is 2. The minimum Gasteiger partial charge on any atom is -0.444 e. The maximum Gasteiger partial charge on any atom is 0.407 e. The Hall–Kier alpha value is -3.64. The van der Waals surface area contributed by atoms with Crippen LogP contribution in [0.1, 0.15) is 36.8 Å². The molecule has 0 unspecified atom stereocenters. The second-order valence-corrected chi connectivity index (χ2v) is 8.35. The maximum atomic E-state index is 11.8. The Bertz CT molecular complexity index is 1010. The van der Waals surface area contributed by atoms with Gasteiger partial charge in [-0.25, -0.2) is 9.59 Å². The van der Waals surface area contributed by atoms with Gasteiger partial charge in [-0.15, -0.1) is 0 Å². The van der Waals surface area contributed by atoms with Crippen LogP contribution in [-0.4, -0.2) is 35.1 Å². The lowest BCUT2D eigenvalue weighted by Crippen LogP contribution is -2.26. The van der Waals surface area contributed by atoms with E-state index in [-0.39, 0.29) is 35.7 Å². The molecule has 0 spiro atoms. The molecule has 12 nitrogen and oxygen atoms in total. The number of alkyl carbamates (subject to hydrolysis) is 2. The quantitative estimate of drug-likeness (QED) is 0.189. The van der Waals surface area contributed by atoms with Crippen LogP contribution < -0.4 is 10.6 Å². The Kier molecular flexibility index (Phi) is 11.7. The fourth-order valence-electron chi connectivity index (χ4n) is 3.07. The first-order valence-electron chi connectivity index (χ1n) is 10.8. The number of hydrogen-bond acceptors (Lipinski definition) is 8. The number of carbonyl (C=O) groups excluding carboxylic acids is 2. The number of rotatable bonds is 13. The molecule has 0 aliphatic carbocycles. The third-order valence-corrected chi connectivity index (χ3v) is 5.31. The lowest BCUT2D eigenvalue weighted by atomic mass is 10.2. The van der Waals surface area contributed by atoms with E-state index in [1.54, 1.807) is 0 Å². The van der Waals surface area contributed by atoms with Crippen LogP contribution in [0.3, 0.4) is 0 Å². The van der Waals surface area contributed by atoms with Crippen molar-refractivity contribution in [2.24, 2.45) is 0 Å². The topological polar surface area (TPSA) is 163 Å². The molecule has 0 bridgehead atoms. The average molecular weight is 543 g/mol. The second kappa shape index (κ2) is 14.7. The molecular formula is C22H24Cl2N4O8. The van der Waals surface area contributed by atoms with E-state index in [1.165, 1.54) is 36.4 Å². The number of ether oxygens (including phenoxy) is 2. The largest absolute Gasteiger partial charge is 0.444 e. The number of amides is 2. The van der Waals surface area contributed by atoms with E-state index in [0.717, 1.165) is 12.8 Å². The van der Waals surface area contributed by atoms with Crippen LogP contribution in [0.2, 0.25) is 10.0 Å². The summed E-state index contributed by atoms with van der Waals surface area (Å²) in [6, 6.07) is 8.02. The first-order valence-corrected chi connectivity index (χ1v) is 11.6. The lowest BCUT2D eigenvalue weighted by molar-refractivity contribution is -0.386. The molecule has 0 aliphatic heterocycles. The van der Waals surface area contributed by atoms with Crippen LogP contribution in [0.5, 0.6) is 0 Å². The van der Waals surface area contributed by atoms with Crippen molar-refractivity contribution in [2.45, 2.75) is 38.9 Å². The number of nitro benzene ring substituents is 2. The molecule has 36 heavy (non-hydrogen) atoms. The average Bonchev–Trinajstić information content (AvgIpc) is 2.82. The maximum absolute atomic E-state index is 11.8. The van der Waals surface area contributed by atoms with E-state index in [0.29, 0.717) is 36.0 Å². The zero-order valence-corrected chi connectivity index (χ0v) is 20.5. The summed E-state index contributed by atoms with van der Waals surface area (Å²) < 4.78 is 10.0. The third kappa shape index (κ3) is 9.92. The molecule has 2 N–H and O–H groups in total. The van der Waals surface area contributed by atoms with E-state index >= 15 is 0 Å². The van der Waals surface area contributed by atoms with Crippen LogP contribution in [0, 0.1) is 20.2 Å². The summed E-state index contributed by atoms with van der Waals surface area (Å²) in [5, 5.41) is 27.8. The van der Waals surface area contributed by atoms with Gasteiger partial charge >= 0.3 is 12.2 Å².